The van der Waals surface area contributed by atoms with Gasteiger partial charge in [-0.1, -0.05) is 29.4 Å². The Labute approximate surface area is 188 Å². The molecule has 1 amide bonds. The van der Waals surface area contributed by atoms with Crippen LogP contribution in [0.25, 0.3) is 0 Å². The molecule has 7 nitrogen and oxygen atoms in total. The third-order valence-electron chi connectivity index (χ3n) is 5.60. The fourth-order valence-electron chi connectivity index (χ4n) is 3.67. The SMILES string of the molecule is Cc1noc(C)c1COc1ccc(CC(=O)Nc2ccc(CN3CCOCC3)cc2)cc1. The van der Waals surface area contributed by atoms with Gasteiger partial charge in [-0.15, -0.1) is 0 Å². The van der Waals surface area contributed by atoms with Crippen molar-refractivity contribution in [2.75, 3.05) is 31.6 Å². The van der Waals surface area contributed by atoms with Crippen LogP contribution in [-0.4, -0.2) is 42.3 Å². The lowest BCUT2D eigenvalue weighted by Crippen LogP contribution is -2.35. The Bertz CT molecular complexity index is 1000. The van der Waals surface area contributed by atoms with Gasteiger partial charge in [-0.3, -0.25) is 9.69 Å². The van der Waals surface area contributed by atoms with E-state index in [1.807, 2.05) is 50.2 Å². The highest BCUT2D eigenvalue weighted by molar-refractivity contribution is 5.92. The average Bonchev–Trinajstić information content (AvgIpc) is 3.12. The molecule has 1 fully saturated rings. The lowest BCUT2D eigenvalue weighted by molar-refractivity contribution is -0.115. The van der Waals surface area contributed by atoms with Crippen LogP contribution in [0.5, 0.6) is 5.75 Å². The second-order valence-electron chi connectivity index (χ2n) is 8.05. The number of nitrogens with one attached hydrogen (secondary N) is 1. The first-order valence-corrected chi connectivity index (χ1v) is 10.9. The summed E-state index contributed by atoms with van der Waals surface area (Å²) < 4.78 is 16.4. The molecule has 7 heteroatoms. The third kappa shape index (κ3) is 5.96. The molecule has 1 N–H and O–H groups in total. The minimum absolute atomic E-state index is 0.0460. The first-order chi connectivity index (χ1) is 15.6. The van der Waals surface area contributed by atoms with Crippen molar-refractivity contribution < 1.29 is 18.8 Å². The largest absolute Gasteiger partial charge is 0.489 e. The topological polar surface area (TPSA) is 76.8 Å². The fourth-order valence-corrected chi connectivity index (χ4v) is 3.67. The summed E-state index contributed by atoms with van der Waals surface area (Å²) in [6.07, 6.45) is 0.305. The fraction of sp³-hybridized carbons (Fsp3) is 0.360. The number of hydrogen-bond donors (Lipinski definition) is 1. The smallest absolute Gasteiger partial charge is 0.228 e. The first kappa shape index (κ1) is 22.0. The monoisotopic (exact) mass is 435 g/mol. The Kier molecular flexibility index (Phi) is 7.19. The van der Waals surface area contributed by atoms with E-state index in [4.69, 9.17) is 14.0 Å². The van der Waals surface area contributed by atoms with E-state index in [0.717, 1.165) is 66.9 Å². The van der Waals surface area contributed by atoms with Gasteiger partial charge in [-0.2, -0.15) is 0 Å². The van der Waals surface area contributed by atoms with Crippen LogP contribution in [0, 0.1) is 13.8 Å². The van der Waals surface area contributed by atoms with Gasteiger partial charge >= 0.3 is 0 Å². The minimum Gasteiger partial charge on any atom is -0.489 e. The summed E-state index contributed by atoms with van der Waals surface area (Å²) >= 11 is 0. The van der Waals surface area contributed by atoms with Crippen LogP contribution in [-0.2, 0) is 29.1 Å². The first-order valence-electron chi connectivity index (χ1n) is 10.9. The van der Waals surface area contributed by atoms with Gasteiger partial charge < -0.3 is 19.3 Å². The number of morpholine rings is 1. The Hall–Kier alpha value is -3.16. The van der Waals surface area contributed by atoms with Gasteiger partial charge in [-0.05, 0) is 49.2 Å². The molecule has 1 aromatic heterocycles. The van der Waals surface area contributed by atoms with Crippen molar-refractivity contribution in [2.45, 2.75) is 33.4 Å². The highest BCUT2D eigenvalue weighted by atomic mass is 16.5. The zero-order chi connectivity index (χ0) is 22.3. The van der Waals surface area contributed by atoms with Gasteiger partial charge in [0.15, 0.2) is 0 Å². The maximum atomic E-state index is 12.4. The van der Waals surface area contributed by atoms with E-state index in [9.17, 15) is 4.79 Å². The summed E-state index contributed by atoms with van der Waals surface area (Å²) in [5, 5.41) is 6.91. The third-order valence-corrected chi connectivity index (χ3v) is 5.60. The van der Waals surface area contributed by atoms with E-state index in [-0.39, 0.29) is 5.91 Å². The molecule has 0 unspecified atom stereocenters. The van der Waals surface area contributed by atoms with Crippen molar-refractivity contribution in [2.24, 2.45) is 0 Å². The highest BCUT2D eigenvalue weighted by Crippen LogP contribution is 2.19. The Morgan fingerprint density at radius 2 is 1.72 bits per heavy atom. The Balaban J connectivity index is 1.24. The number of aryl methyl sites for hydroxylation is 2. The molecule has 1 saturated heterocycles. The molecule has 0 atom stereocenters. The molecular formula is C25H29N3O4. The number of anilines is 1. The summed E-state index contributed by atoms with van der Waals surface area (Å²) in [5.74, 6) is 1.46. The predicted molar refractivity (Wildman–Crippen MR) is 122 cm³/mol. The van der Waals surface area contributed by atoms with E-state index < -0.39 is 0 Å². The van der Waals surface area contributed by atoms with E-state index in [2.05, 4.69) is 27.5 Å². The van der Waals surface area contributed by atoms with E-state index in [1.165, 1.54) is 5.56 Å². The number of aromatic nitrogens is 1. The number of amides is 1. The van der Waals surface area contributed by atoms with Gasteiger partial charge in [0.1, 0.15) is 18.1 Å². The van der Waals surface area contributed by atoms with Crippen molar-refractivity contribution >= 4 is 11.6 Å². The average molecular weight is 436 g/mol. The van der Waals surface area contributed by atoms with Gasteiger partial charge in [-0.25, -0.2) is 0 Å². The number of carbonyl (C=O) groups excluding carboxylic acids is 1. The van der Waals surface area contributed by atoms with Crippen molar-refractivity contribution in [3.8, 4) is 5.75 Å². The molecule has 168 valence electrons. The van der Waals surface area contributed by atoms with Crippen LogP contribution in [0.4, 0.5) is 5.69 Å². The van der Waals surface area contributed by atoms with Gasteiger partial charge in [0, 0.05) is 25.3 Å². The molecule has 4 rings (SSSR count). The van der Waals surface area contributed by atoms with Crippen molar-refractivity contribution in [1.82, 2.24) is 10.1 Å². The van der Waals surface area contributed by atoms with Crippen LogP contribution >= 0.6 is 0 Å². The summed E-state index contributed by atoms with van der Waals surface area (Å²) in [4.78, 5) is 14.8. The lowest BCUT2D eigenvalue weighted by atomic mass is 10.1. The number of nitrogens with zero attached hydrogens (tertiary/aromatic N) is 2. The standard InChI is InChI=1S/C25H29N3O4/c1-18-24(19(2)32-27-18)17-31-23-9-5-20(6-10-23)15-25(29)26-22-7-3-21(4-8-22)16-28-11-13-30-14-12-28/h3-10H,11-17H2,1-2H3,(H,26,29). The molecule has 2 heterocycles. The molecule has 32 heavy (non-hydrogen) atoms. The molecule has 0 saturated carbocycles. The maximum absolute atomic E-state index is 12.4. The summed E-state index contributed by atoms with van der Waals surface area (Å²) in [6.45, 7) is 8.59. The summed E-state index contributed by atoms with van der Waals surface area (Å²) in [7, 11) is 0. The summed E-state index contributed by atoms with van der Waals surface area (Å²) in [6, 6.07) is 15.6. The van der Waals surface area contributed by atoms with Crippen LogP contribution in [0.3, 0.4) is 0 Å². The molecule has 3 aromatic rings. The molecule has 0 aliphatic carbocycles. The van der Waals surface area contributed by atoms with Crippen molar-refractivity contribution in [1.29, 1.82) is 0 Å². The predicted octanol–water partition coefficient (Wildman–Crippen LogP) is 3.88. The number of rotatable bonds is 8. The molecule has 1 aliphatic rings. The maximum Gasteiger partial charge on any atom is 0.228 e. The van der Waals surface area contributed by atoms with Crippen LogP contribution in [0.2, 0.25) is 0 Å². The van der Waals surface area contributed by atoms with Gasteiger partial charge in [0.05, 0.1) is 30.9 Å². The van der Waals surface area contributed by atoms with Gasteiger partial charge in [0.2, 0.25) is 5.91 Å². The minimum atomic E-state index is -0.0460. The number of carbonyl (C=O) groups is 1. The Morgan fingerprint density at radius 3 is 2.38 bits per heavy atom. The van der Waals surface area contributed by atoms with Crippen LogP contribution < -0.4 is 10.1 Å². The second kappa shape index (κ2) is 10.4. The second-order valence-corrected chi connectivity index (χ2v) is 8.05. The van der Waals surface area contributed by atoms with E-state index >= 15 is 0 Å². The molecule has 0 radical (unpaired) electrons. The normalized spacial score (nSPS) is 14.3. The van der Waals surface area contributed by atoms with Crippen LogP contribution in [0.15, 0.2) is 53.1 Å². The van der Waals surface area contributed by atoms with Crippen molar-refractivity contribution in [3.63, 3.8) is 0 Å². The molecule has 1 aliphatic heterocycles. The van der Waals surface area contributed by atoms with E-state index in [1.54, 1.807) is 0 Å². The van der Waals surface area contributed by atoms with Crippen LogP contribution in [0.1, 0.15) is 28.1 Å². The molecule has 0 spiro atoms. The van der Waals surface area contributed by atoms with Crippen molar-refractivity contribution in [3.05, 3.63) is 76.7 Å². The number of benzene rings is 2. The zero-order valence-corrected chi connectivity index (χ0v) is 18.6. The Morgan fingerprint density at radius 1 is 1.03 bits per heavy atom. The quantitative estimate of drug-likeness (QED) is 0.579. The molecular weight excluding hydrogens is 406 g/mol. The molecule has 0 bridgehead atoms. The van der Waals surface area contributed by atoms with Gasteiger partial charge in [0.25, 0.3) is 0 Å². The zero-order valence-electron chi connectivity index (χ0n) is 18.6. The highest BCUT2D eigenvalue weighted by Gasteiger charge is 2.12. The van der Waals surface area contributed by atoms with E-state index in [0.29, 0.717) is 13.0 Å². The summed E-state index contributed by atoms with van der Waals surface area (Å²) in [5.41, 5.74) is 4.77. The number of ether oxygens (including phenoxy) is 2. The number of hydrogen-bond acceptors (Lipinski definition) is 6. The molecule has 2 aromatic carbocycles. The lowest BCUT2D eigenvalue weighted by Gasteiger charge is -2.26.